The lowest BCUT2D eigenvalue weighted by Gasteiger charge is -2.29. The summed E-state index contributed by atoms with van der Waals surface area (Å²) in [5, 5.41) is 22.2. The molecule has 6 nitrogen and oxygen atoms in total. The van der Waals surface area contributed by atoms with Gasteiger partial charge < -0.3 is 10.4 Å². The van der Waals surface area contributed by atoms with E-state index in [1.807, 2.05) is 12.1 Å². The molecule has 0 saturated carbocycles. The van der Waals surface area contributed by atoms with E-state index in [1.165, 1.54) is 16.9 Å². The smallest absolute Gasteiger partial charge is 0.189 e. The van der Waals surface area contributed by atoms with Crippen LogP contribution in [0.5, 0.6) is 0 Å². The number of nitrogens with one attached hydrogen (secondary N) is 1. The Bertz CT molecular complexity index is 673. The number of hydrogen-bond acceptors (Lipinski definition) is 7. The van der Waals surface area contributed by atoms with Crippen LogP contribution >= 0.6 is 11.3 Å². The molecule has 2 aromatic heterocycles. The molecule has 0 unspecified atom stereocenters. The van der Waals surface area contributed by atoms with E-state index < -0.39 is 0 Å². The Labute approximate surface area is 133 Å². The van der Waals surface area contributed by atoms with Crippen molar-refractivity contribution in [3.8, 4) is 6.07 Å². The number of hydrogen-bond donors (Lipinski definition) is 2. The third kappa shape index (κ3) is 3.80. The molecule has 0 radical (unpaired) electrons. The molecule has 3 rings (SSSR count). The summed E-state index contributed by atoms with van der Waals surface area (Å²) in [5.74, 6) is 0.730. The van der Waals surface area contributed by atoms with E-state index in [0.717, 1.165) is 38.3 Å². The Balaban J connectivity index is 1.63. The fourth-order valence-corrected chi connectivity index (χ4v) is 3.09. The number of nitrogens with zero attached hydrogens (tertiary/aromatic N) is 4. The van der Waals surface area contributed by atoms with Crippen LogP contribution in [-0.2, 0) is 6.54 Å². The van der Waals surface area contributed by atoms with Gasteiger partial charge in [-0.3, -0.25) is 4.90 Å². The van der Waals surface area contributed by atoms with Gasteiger partial charge in [0.15, 0.2) is 5.13 Å². The van der Waals surface area contributed by atoms with Crippen molar-refractivity contribution < 1.29 is 5.11 Å². The number of thiazole rings is 1. The fraction of sp³-hybridized carbons (Fsp3) is 0.400. The van der Waals surface area contributed by atoms with Crippen LogP contribution in [-0.4, -0.2) is 39.2 Å². The zero-order valence-electron chi connectivity index (χ0n) is 12.1. The van der Waals surface area contributed by atoms with E-state index >= 15 is 0 Å². The maximum atomic E-state index is 9.55. The average Bonchev–Trinajstić information content (AvgIpc) is 2.98. The Morgan fingerprint density at radius 1 is 1.41 bits per heavy atom. The lowest BCUT2D eigenvalue weighted by Crippen LogP contribution is -2.35. The molecule has 1 fully saturated rings. The molecule has 22 heavy (non-hydrogen) atoms. The molecule has 2 aromatic rings. The second-order valence-corrected chi connectivity index (χ2v) is 6.35. The highest BCUT2D eigenvalue weighted by Gasteiger charge is 2.17. The summed E-state index contributed by atoms with van der Waals surface area (Å²) in [6, 6.07) is 6.07. The minimum Gasteiger partial charge on any atom is -0.393 e. The first-order valence-corrected chi connectivity index (χ1v) is 8.03. The summed E-state index contributed by atoms with van der Waals surface area (Å²) >= 11 is 1.31. The Morgan fingerprint density at radius 3 is 2.95 bits per heavy atom. The summed E-state index contributed by atoms with van der Waals surface area (Å²) in [6.07, 6.45) is 4.86. The number of aliphatic hydroxyl groups excluding tert-OH is 1. The highest BCUT2D eigenvalue weighted by atomic mass is 32.1. The summed E-state index contributed by atoms with van der Waals surface area (Å²) in [6.45, 7) is 2.69. The van der Waals surface area contributed by atoms with Gasteiger partial charge in [-0.25, -0.2) is 9.97 Å². The Morgan fingerprint density at radius 2 is 2.23 bits per heavy atom. The molecular weight excluding hydrogens is 298 g/mol. The highest BCUT2D eigenvalue weighted by molar-refractivity contribution is 7.16. The van der Waals surface area contributed by atoms with Gasteiger partial charge in [-0.2, -0.15) is 5.26 Å². The topological polar surface area (TPSA) is 85.1 Å². The largest absolute Gasteiger partial charge is 0.393 e. The molecule has 0 aromatic carbocycles. The quantitative estimate of drug-likeness (QED) is 0.899. The number of rotatable bonds is 4. The molecular formula is C15H17N5OS. The monoisotopic (exact) mass is 315 g/mol. The number of nitriles is 1. The molecule has 0 spiro atoms. The van der Waals surface area contributed by atoms with Crippen LogP contribution < -0.4 is 5.32 Å². The van der Waals surface area contributed by atoms with Crippen molar-refractivity contribution in [3.63, 3.8) is 0 Å². The third-order valence-electron chi connectivity index (χ3n) is 3.64. The zero-order valence-corrected chi connectivity index (χ0v) is 12.9. The molecule has 1 aliphatic rings. The lowest BCUT2D eigenvalue weighted by molar-refractivity contribution is 0.0792. The van der Waals surface area contributed by atoms with Gasteiger partial charge >= 0.3 is 0 Å². The lowest BCUT2D eigenvalue weighted by atomic mass is 10.1. The zero-order chi connectivity index (χ0) is 15.4. The predicted molar refractivity (Wildman–Crippen MR) is 84.9 cm³/mol. The fourth-order valence-electron chi connectivity index (χ4n) is 2.47. The van der Waals surface area contributed by atoms with Crippen molar-refractivity contribution >= 4 is 22.3 Å². The summed E-state index contributed by atoms with van der Waals surface area (Å²) in [7, 11) is 0. The van der Waals surface area contributed by atoms with Crippen molar-refractivity contribution in [2.75, 3.05) is 18.4 Å². The summed E-state index contributed by atoms with van der Waals surface area (Å²) in [5.41, 5.74) is 1.17. The van der Waals surface area contributed by atoms with Crippen LogP contribution in [0, 0.1) is 11.3 Å². The molecule has 1 aliphatic heterocycles. The number of piperidine rings is 1. The van der Waals surface area contributed by atoms with E-state index in [9.17, 15) is 5.11 Å². The summed E-state index contributed by atoms with van der Waals surface area (Å²) in [4.78, 5) is 11.3. The van der Waals surface area contributed by atoms with Gasteiger partial charge in [-0.05, 0) is 30.5 Å². The first kappa shape index (κ1) is 14.9. The molecule has 0 aliphatic carbocycles. The molecule has 3 heterocycles. The predicted octanol–water partition coefficient (Wildman–Crippen LogP) is 2.11. The van der Waals surface area contributed by atoms with Crippen LogP contribution in [0.3, 0.4) is 0 Å². The van der Waals surface area contributed by atoms with Gasteiger partial charge in [-0.1, -0.05) is 11.3 Å². The number of pyridine rings is 1. The molecule has 2 N–H and O–H groups in total. The van der Waals surface area contributed by atoms with Gasteiger partial charge in [0.1, 0.15) is 16.8 Å². The minimum atomic E-state index is -0.148. The maximum Gasteiger partial charge on any atom is 0.189 e. The number of likely N-dealkylation sites (tertiary alicyclic amines) is 1. The maximum absolute atomic E-state index is 9.55. The van der Waals surface area contributed by atoms with Crippen molar-refractivity contribution in [1.82, 2.24) is 14.9 Å². The van der Waals surface area contributed by atoms with Gasteiger partial charge in [0, 0.05) is 25.8 Å². The van der Waals surface area contributed by atoms with Gasteiger partial charge in [0.2, 0.25) is 0 Å². The number of aliphatic hydroxyl groups is 1. The van der Waals surface area contributed by atoms with E-state index in [0.29, 0.717) is 10.0 Å². The van der Waals surface area contributed by atoms with Crippen LogP contribution in [0.2, 0.25) is 0 Å². The first-order valence-electron chi connectivity index (χ1n) is 7.21. The SMILES string of the molecule is N#Cc1cnc(Nc2cc(CN3CCC(O)CC3)ccn2)s1. The third-order valence-corrected chi connectivity index (χ3v) is 4.46. The van der Waals surface area contributed by atoms with E-state index in [4.69, 9.17) is 5.26 Å². The van der Waals surface area contributed by atoms with Crippen molar-refractivity contribution in [1.29, 1.82) is 5.26 Å². The molecule has 0 bridgehead atoms. The van der Waals surface area contributed by atoms with Crippen molar-refractivity contribution in [2.24, 2.45) is 0 Å². The summed E-state index contributed by atoms with van der Waals surface area (Å²) < 4.78 is 0. The second-order valence-electron chi connectivity index (χ2n) is 5.32. The molecule has 7 heteroatoms. The van der Waals surface area contributed by atoms with E-state index in [1.54, 1.807) is 12.4 Å². The van der Waals surface area contributed by atoms with Crippen LogP contribution in [0.1, 0.15) is 23.3 Å². The van der Waals surface area contributed by atoms with E-state index in [2.05, 4.69) is 26.3 Å². The van der Waals surface area contributed by atoms with Crippen LogP contribution in [0.15, 0.2) is 24.5 Å². The number of aromatic nitrogens is 2. The molecule has 0 amide bonds. The second kappa shape index (κ2) is 6.83. The van der Waals surface area contributed by atoms with Gasteiger partial charge in [-0.15, -0.1) is 0 Å². The van der Waals surface area contributed by atoms with Crippen LogP contribution in [0.4, 0.5) is 10.9 Å². The minimum absolute atomic E-state index is 0.148. The van der Waals surface area contributed by atoms with Crippen LogP contribution in [0.25, 0.3) is 0 Å². The normalized spacial score (nSPS) is 16.4. The standard InChI is InChI=1S/C15H17N5OS/c16-8-13-9-18-15(22-13)19-14-7-11(1-4-17-14)10-20-5-2-12(21)3-6-20/h1,4,7,9,12,21H,2-3,5-6,10H2,(H,17,18,19). The first-order chi connectivity index (χ1) is 10.7. The average molecular weight is 315 g/mol. The highest BCUT2D eigenvalue weighted by Crippen LogP contribution is 2.22. The molecule has 0 atom stereocenters. The molecule has 114 valence electrons. The van der Waals surface area contributed by atoms with Crippen molar-refractivity contribution in [2.45, 2.75) is 25.5 Å². The Hall–Kier alpha value is -2.01. The van der Waals surface area contributed by atoms with Gasteiger partial charge in [0.25, 0.3) is 0 Å². The molecule has 1 saturated heterocycles. The van der Waals surface area contributed by atoms with Crippen molar-refractivity contribution in [3.05, 3.63) is 35.0 Å². The Kier molecular flexibility index (Phi) is 4.63. The van der Waals surface area contributed by atoms with Gasteiger partial charge in [0.05, 0.1) is 12.3 Å². The van der Waals surface area contributed by atoms with E-state index in [-0.39, 0.29) is 6.10 Å². The number of anilines is 2.